The fourth-order valence-corrected chi connectivity index (χ4v) is 1.89. The van der Waals surface area contributed by atoms with E-state index in [2.05, 4.69) is 10.5 Å². The Morgan fingerprint density at radius 1 is 1.35 bits per heavy atom. The molecule has 8 nitrogen and oxygen atoms in total. The van der Waals surface area contributed by atoms with Gasteiger partial charge in [-0.25, -0.2) is 0 Å². The summed E-state index contributed by atoms with van der Waals surface area (Å²) >= 11 is 0. The number of benzene rings is 1. The van der Waals surface area contributed by atoms with E-state index in [0.717, 1.165) is 31.0 Å². The molecule has 0 spiro atoms. The summed E-state index contributed by atoms with van der Waals surface area (Å²) < 4.78 is 0. The SMILES string of the molecule is CCC(=NNc1ccc([N+](=O)[O-])cc1[N+](=O)[O-])C1CC1. The molecule has 0 radical (unpaired) electrons. The molecule has 1 N–H and O–H groups in total. The molecule has 0 atom stereocenters. The standard InChI is InChI=1S/C12H14N4O4/c1-2-10(8-3-4-8)13-14-11-6-5-9(15(17)18)7-12(11)16(19)20/h5-8,14H,2-4H2,1H3. The van der Waals surface area contributed by atoms with E-state index in [-0.39, 0.29) is 17.1 Å². The van der Waals surface area contributed by atoms with Crippen molar-refractivity contribution in [2.75, 3.05) is 5.43 Å². The zero-order chi connectivity index (χ0) is 14.7. The van der Waals surface area contributed by atoms with Gasteiger partial charge in [-0.15, -0.1) is 0 Å². The molecule has 0 aliphatic heterocycles. The quantitative estimate of drug-likeness (QED) is 0.488. The van der Waals surface area contributed by atoms with Crippen LogP contribution in [0.4, 0.5) is 17.1 Å². The van der Waals surface area contributed by atoms with E-state index in [1.165, 1.54) is 12.1 Å². The van der Waals surface area contributed by atoms with Crippen molar-refractivity contribution in [3.63, 3.8) is 0 Å². The highest BCUT2D eigenvalue weighted by Crippen LogP contribution is 2.33. The molecular formula is C12H14N4O4. The summed E-state index contributed by atoms with van der Waals surface area (Å²) in [5.41, 5.74) is 3.12. The van der Waals surface area contributed by atoms with Crippen molar-refractivity contribution in [2.24, 2.45) is 11.0 Å². The maximum atomic E-state index is 11.0. The second-order valence-corrected chi connectivity index (χ2v) is 4.56. The molecular weight excluding hydrogens is 264 g/mol. The van der Waals surface area contributed by atoms with Crippen LogP contribution in [0, 0.1) is 26.1 Å². The summed E-state index contributed by atoms with van der Waals surface area (Å²) in [6, 6.07) is 3.45. The molecule has 2 rings (SSSR count). The first kappa shape index (κ1) is 13.9. The van der Waals surface area contributed by atoms with Crippen LogP contribution in [-0.2, 0) is 0 Å². The lowest BCUT2D eigenvalue weighted by Crippen LogP contribution is -2.04. The fourth-order valence-electron chi connectivity index (χ4n) is 1.89. The number of hydrogen-bond donors (Lipinski definition) is 1. The average Bonchev–Trinajstić information content (AvgIpc) is 3.23. The van der Waals surface area contributed by atoms with E-state index < -0.39 is 9.85 Å². The Bertz CT molecular complexity index is 581. The topological polar surface area (TPSA) is 111 Å². The largest absolute Gasteiger partial charge is 0.301 e. The van der Waals surface area contributed by atoms with E-state index in [0.29, 0.717) is 5.92 Å². The monoisotopic (exact) mass is 278 g/mol. The molecule has 106 valence electrons. The summed E-state index contributed by atoms with van der Waals surface area (Å²) in [6.07, 6.45) is 2.96. The predicted octanol–water partition coefficient (Wildman–Crippen LogP) is 3.09. The highest BCUT2D eigenvalue weighted by atomic mass is 16.6. The van der Waals surface area contributed by atoms with Crippen LogP contribution in [0.15, 0.2) is 23.3 Å². The highest BCUT2D eigenvalue weighted by molar-refractivity contribution is 5.89. The number of nitrogens with one attached hydrogen (secondary N) is 1. The zero-order valence-electron chi connectivity index (χ0n) is 10.9. The lowest BCUT2D eigenvalue weighted by atomic mass is 10.2. The van der Waals surface area contributed by atoms with Crippen LogP contribution < -0.4 is 5.43 Å². The first-order chi connectivity index (χ1) is 9.52. The predicted molar refractivity (Wildman–Crippen MR) is 73.8 cm³/mol. The third-order valence-corrected chi connectivity index (χ3v) is 3.12. The van der Waals surface area contributed by atoms with Crippen LogP contribution in [0.3, 0.4) is 0 Å². The van der Waals surface area contributed by atoms with Crippen molar-refractivity contribution in [3.8, 4) is 0 Å². The van der Waals surface area contributed by atoms with Gasteiger partial charge in [-0.1, -0.05) is 6.92 Å². The third-order valence-electron chi connectivity index (χ3n) is 3.12. The first-order valence-corrected chi connectivity index (χ1v) is 6.28. The Kier molecular flexibility index (Phi) is 3.92. The van der Waals surface area contributed by atoms with Crippen molar-refractivity contribution in [1.82, 2.24) is 0 Å². The van der Waals surface area contributed by atoms with Crippen LogP contribution in [0.1, 0.15) is 26.2 Å². The maximum Gasteiger partial charge on any atom is 0.301 e. The van der Waals surface area contributed by atoms with Gasteiger partial charge >= 0.3 is 5.69 Å². The third kappa shape index (κ3) is 3.08. The van der Waals surface area contributed by atoms with Gasteiger partial charge in [0.25, 0.3) is 5.69 Å². The summed E-state index contributed by atoms with van der Waals surface area (Å²) in [6.45, 7) is 1.98. The Balaban J connectivity index is 2.26. The van der Waals surface area contributed by atoms with Crippen molar-refractivity contribution < 1.29 is 9.85 Å². The summed E-state index contributed by atoms with van der Waals surface area (Å²) in [4.78, 5) is 20.3. The van der Waals surface area contributed by atoms with E-state index >= 15 is 0 Å². The minimum atomic E-state index is -0.665. The summed E-state index contributed by atoms with van der Waals surface area (Å²) in [5, 5.41) is 25.8. The molecule has 0 saturated heterocycles. The van der Waals surface area contributed by atoms with Gasteiger partial charge in [0.15, 0.2) is 0 Å². The Labute approximate surface area is 114 Å². The number of non-ortho nitro benzene ring substituents is 1. The molecule has 8 heteroatoms. The molecule has 20 heavy (non-hydrogen) atoms. The molecule has 1 aliphatic carbocycles. The number of nitro benzene ring substituents is 2. The molecule has 0 bridgehead atoms. The van der Waals surface area contributed by atoms with Gasteiger partial charge in [0.05, 0.1) is 15.9 Å². The molecule has 1 aliphatic rings. The smallest absolute Gasteiger partial charge is 0.272 e. The first-order valence-electron chi connectivity index (χ1n) is 6.28. The molecule has 0 aromatic heterocycles. The highest BCUT2D eigenvalue weighted by Gasteiger charge is 2.26. The lowest BCUT2D eigenvalue weighted by molar-refractivity contribution is -0.393. The Morgan fingerprint density at radius 3 is 2.55 bits per heavy atom. The summed E-state index contributed by atoms with van der Waals surface area (Å²) in [5.74, 6) is 0.463. The number of hydrazone groups is 1. The van der Waals surface area contributed by atoms with Crippen LogP contribution in [0.5, 0.6) is 0 Å². The van der Waals surface area contributed by atoms with Gasteiger partial charge in [-0.3, -0.25) is 25.7 Å². The molecule has 0 heterocycles. The second kappa shape index (κ2) is 5.64. The molecule has 0 amide bonds. The number of nitro groups is 2. The van der Waals surface area contributed by atoms with Gasteiger partial charge in [-0.05, 0) is 31.2 Å². The lowest BCUT2D eigenvalue weighted by Gasteiger charge is -2.05. The number of hydrogen-bond acceptors (Lipinski definition) is 6. The fraction of sp³-hybridized carbons (Fsp3) is 0.417. The number of nitrogens with zero attached hydrogens (tertiary/aromatic N) is 3. The average molecular weight is 278 g/mol. The van der Waals surface area contributed by atoms with Crippen molar-refractivity contribution in [1.29, 1.82) is 0 Å². The van der Waals surface area contributed by atoms with Crippen molar-refractivity contribution in [2.45, 2.75) is 26.2 Å². The zero-order valence-corrected chi connectivity index (χ0v) is 10.9. The van der Waals surface area contributed by atoms with Gasteiger partial charge in [0.2, 0.25) is 0 Å². The van der Waals surface area contributed by atoms with Crippen LogP contribution in [0.2, 0.25) is 0 Å². The number of rotatable bonds is 6. The molecule has 1 saturated carbocycles. The normalized spacial score (nSPS) is 14.9. The molecule has 1 aromatic carbocycles. The van der Waals surface area contributed by atoms with Crippen molar-refractivity contribution in [3.05, 3.63) is 38.4 Å². The van der Waals surface area contributed by atoms with E-state index in [9.17, 15) is 20.2 Å². The molecule has 1 aromatic rings. The van der Waals surface area contributed by atoms with Gasteiger partial charge in [0, 0.05) is 11.8 Å². The van der Waals surface area contributed by atoms with Crippen LogP contribution in [-0.4, -0.2) is 15.6 Å². The minimum Gasteiger partial charge on any atom is -0.272 e. The maximum absolute atomic E-state index is 11.0. The number of anilines is 1. The van der Waals surface area contributed by atoms with E-state index in [4.69, 9.17) is 0 Å². The second-order valence-electron chi connectivity index (χ2n) is 4.56. The van der Waals surface area contributed by atoms with E-state index in [1.54, 1.807) is 0 Å². The minimum absolute atomic E-state index is 0.159. The molecule has 0 unspecified atom stereocenters. The Morgan fingerprint density at radius 2 is 2.05 bits per heavy atom. The van der Waals surface area contributed by atoms with Crippen molar-refractivity contribution >= 4 is 22.8 Å². The summed E-state index contributed by atoms with van der Waals surface area (Å²) in [7, 11) is 0. The van der Waals surface area contributed by atoms with Gasteiger partial charge in [0.1, 0.15) is 5.69 Å². The van der Waals surface area contributed by atoms with Crippen LogP contribution in [0.25, 0.3) is 0 Å². The molecule has 1 fully saturated rings. The van der Waals surface area contributed by atoms with Gasteiger partial charge < -0.3 is 0 Å². The van der Waals surface area contributed by atoms with Crippen LogP contribution >= 0.6 is 0 Å². The Hall–Kier alpha value is -2.51. The van der Waals surface area contributed by atoms with E-state index in [1.807, 2.05) is 6.92 Å². The van der Waals surface area contributed by atoms with Gasteiger partial charge in [-0.2, -0.15) is 5.10 Å².